The maximum atomic E-state index is 11.4. The minimum absolute atomic E-state index is 0.0280. The summed E-state index contributed by atoms with van der Waals surface area (Å²) in [4.78, 5) is 22.9. The average molecular weight is 252 g/mol. The van der Waals surface area contributed by atoms with E-state index < -0.39 is 5.97 Å². The first-order valence-corrected chi connectivity index (χ1v) is 6.42. The monoisotopic (exact) mass is 252 g/mol. The summed E-state index contributed by atoms with van der Waals surface area (Å²) in [5.74, 6) is -0.664. The quantitative estimate of drug-likeness (QED) is 0.624. The van der Waals surface area contributed by atoms with Gasteiger partial charge in [0, 0.05) is 22.1 Å². The highest BCUT2D eigenvalue weighted by Crippen LogP contribution is 2.25. The molecule has 0 aliphatic carbocycles. The van der Waals surface area contributed by atoms with Crippen molar-refractivity contribution in [3.8, 4) is 0 Å². The third-order valence-corrected chi connectivity index (χ3v) is 3.41. The van der Waals surface area contributed by atoms with Crippen LogP contribution in [0.5, 0.6) is 0 Å². The summed E-state index contributed by atoms with van der Waals surface area (Å²) >= 11 is 1.51. The van der Waals surface area contributed by atoms with E-state index in [2.05, 4.69) is 0 Å². The molecule has 17 heavy (non-hydrogen) atoms. The summed E-state index contributed by atoms with van der Waals surface area (Å²) in [5, 5.41) is 8.68. The van der Waals surface area contributed by atoms with Crippen LogP contribution >= 0.6 is 11.8 Å². The molecule has 3 nitrogen and oxygen atoms in total. The first kappa shape index (κ1) is 13.8. The van der Waals surface area contributed by atoms with Gasteiger partial charge in [0.1, 0.15) is 0 Å². The number of carboxylic acid groups (broad SMARTS) is 1. The van der Waals surface area contributed by atoms with Crippen LogP contribution in [-0.4, -0.2) is 22.1 Å². The molecule has 0 bridgehead atoms. The number of Topliss-reactive ketones (excluding diaryl/α,β-unsaturated/α-hetero) is 1. The van der Waals surface area contributed by atoms with E-state index in [1.54, 1.807) is 12.1 Å². The lowest BCUT2D eigenvalue weighted by Gasteiger charge is -2.08. The Kier molecular flexibility index (Phi) is 5.22. The summed E-state index contributed by atoms with van der Waals surface area (Å²) in [7, 11) is 0. The number of hydrogen-bond acceptors (Lipinski definition) is 3. The van der Waals surface area contributed by atoms with Gasteiger partial charge in [-0.1, -0.05) is 26.0 Å². The van der Waals surface area contributed by atoms with E-state index in [0.29, 0.717) is 12.0 Å². The van der Waals surface area contributed by atoms with Crippen LogP contribution in [0.3, 0.4) is 0 Å². The Morgan fingerprint density at radius 2 is 1.88 bits per heavy atom. The predicted molar refractivity (Wildman–Crippen MR) is 68.6 cm³/mol. The van der Waals surface area contributed by atoms with Crippen molar-refractivity contribution in [3.63, 3.8) is 0 Å². The molecule has 0 aliphatic heterocycles. The number of ketones is 1. The van der Waals surface area contributed by atoms with E-state index >= 15 is 0 Å². The molecule has 1 aromatic carbocycles. The Balaban J connectivity index is 2.62. The lowest BCUT2D eigenvalue weighted by molar-refractivity contribution is -0.136. The molecule has 0 heterocycles. The molecular formula is C13H16O3S. The summed E-state index contributed by atoms with van der Waals surface area (Å²) in [6, 6.07) is 7.32. The molecule has 1 N–H and O–H groups in total. The number of benzene rings is 1. The SMILES string of the molecule is CCC(=O)c1ccc(SC(C)CC(=O)O)cc1. The maximum absolute atomic E-state index is 11.4. The summed E-state index contributed by atoms with van der Waals surface area (Å²) in [6.45, 7) is 3.71. The first-order chi connectivity index (χ1) is 8.02. The minimum atomic E-state index is -0.789. The van der Waals surface area contributed by atoms with Gasteiger partial charge in [-0.05, 0) is 12.1 Å². The Hall–Kier alpha value is -1.29. The van der Waals surface area contributed by atoms with Crippen LogP contribution in [0, 0.1) is 0 Å². The van der Waals surface area contributed by atoms with E-state index in [0.717, 1.165) is 4.90 Å². The number of thioether (sulfide) groups is 1. The number of hydrogen-bond donors (Lipinski definition) is 1. The second-order valence-corrected chi connectivity index (χ2v) is 5.34. The molecule has 0 saturated carbocycles. The van der Waals surface area contributed by atoms with Gasteiger partial charge in [-0.15, -0.1) is 11.8 Å². The van der Waals surface area contributed by atoms with Gasteiger partial charge in [-0.2, -0.15) is 0 Å². The molecule has 1 rings (SSSR count). The number of carbonyl (C=O) groups excluding carboxylic acids is 1. The zero-order valence-corrected chi connectivity index (χ0v) is 10.8. The van der Waals surface area contributed by atoms with Gasteiger partial charge in [0.25, 0.3) is 0 Å². The van der Waals surface area contributed by atoms with Crippen molar-refractivity contribution in [2.45, 2.75) is 36.8 Å². The molecule has 0 spiro atoms. The molecule has 0 fully saturated rings. The van der Waals surface area contributed by atoms with Crippen molar-refractivity contribution in [2.75, 3.05) is 0 Å². The van der Waals surface area contributed by atoms with E-state index in [1.807, 2.05) is 26.0 Å². The van der Waals surface area contributed by atoms with Crippen molar-refractivity contribution >= 4 is 23.5 Å². The Morgan fingerprint density at radius 3 is 2.35 bits per heavy atom. The van der Waals surface area contributed by atoms with Gasteiger partial charge in [0.15, 0.2) is 5.78 Å². The molecule has 92 valence electrons. The van der Waals surface area contributed by atoms with E-state index in [9.17, 15) is 9.59 Å². The summed E-state index contributed by atoms with van der Waals surface area (Å²) in [5.41, 5.74) is 0.711. The van der Waals surface area contributed by atoms with Crippen molar-refractivity contribution in [1.29, 1.82) is 0 Å². The van der Waals surface area contributed by atoms with Crippen LogP contribution in [-0.2, 0) is 4.79 Å². The fourth-order valence-electron chi connectivity index (χ4n) is 1.44. The molecule has 0 saturated heterocycles. The predicted octanol–water partition coefficient (Wildman–Crippen LogP) is 3.23. The highest BCUT2D eigenvalue weighted by molar-refractivity contribution is 8.00. The molecule has 1 atom stereocenters. The van der Waals surface area contributed by atoms with Crippen molar-refractivity contribution < 1.29 is 14.7 Å². The lowest BCUT2D eigenvalue weighted by atomic mass is 10.1. The van der Waals surface area contributed by atoms with Crippen LogP contribution in [0.1, 0.15) is 37.0 Å². The van der Waals surface area contributed by atoms with Gasteiger partial charge >= 0.3 is 5.97 Å². The van der Waals surface area contributed by atoms with E-state index in [4.69, 9.17) is 5.11 Å². The summed E-state index contributed by atoms with van der Waals surface area (Å²) < 4.78 is 0. The molecule has 4 heteroatoms. The standard InChI is InChI=1S/C13H16O3S/c1-3-12(14)10-4-6-11(7-5-10)17-9(2)8-13(15)16/h4-7,9H,3,8H2,1-2H3,(H,15,16). The third kappa shape index (κ3) is 4.61. The molecule has 0 aromatic heterocycles. The molecule has 0 radical (unpaired) electrons. The van der Waals surface area contributed by atoms with Crippen LogP contribution in [0.15, 0.2) is 29.2 Å². The molecule has 1 unspecified atom stereocenters. The Bertz CT molecular complexity index is 398. The normalized spacial score (nSPS) is 12.1. The largest absolute Gasteiger partial charge is 0.481 e. The van der Waals surface area contributed by atoms with Crippen LogP contribution < -0.4 is 0 Å². The zero-order valence-electron chi connectivity index (χ0n) is 9.97. The molecule has 0 amide bonds. The van der Waals surface area contributed by atoms with Crippen LogP contribution in [0.25, 0.3) is 0 Å². The highest BCUT2D eigenvalue weighted by atomic mass is 32.2. The van der Waals surface area contributed by atoms with E-state index in [1.165, 1.54) is 11.8 Å². The maximum Gasteiger partial charge on any atom is 0.304 e. The molecule has 0 aliphatic rings. The number of rotatable bonds is 6. The van der Waals surface area contributed by atoms with Gasteiger partial charge in [0.05, 0.1) is 6.42 Å². The molecular weight excluding hydrogens is 236 g/mol. The summed E-state index contributed by atoms with van der Waals surface area (Å²) in [6.07, 6.45) is 0.641. The smallest absolute Gasteiger partial charge is 0.304 e. The van der Waals surface area contributed by atoms with Gasteiger partial charge in [0.2, 0.25) is 0 Å². The zero-order chi connectivity index (χ0) is 12.8. The fraction of sp³-hybridized carbons (Fsp3) is 0.385. The van der Waals surface area contributed by atoms with Crippen molar-refractivity contribution in [2.24, 2.45) is 0 Å². The van der Waals surface area contributed by atoms with Gasteiger partial charge in [-0.3, -0.25) is 9.59 Å². The van der Waals surface area contributed by atoms with Crippen LogP contribution in [0.2, 0.25) is 0 Å². The highest BCUT2D eigenvalue weighted by Gasteiger charge is 2.09. The second kappa shape index (κ2) is 6.45. The first-order valence-electron chi connectivity index (χ1n) is 5.54. The van der Waals surface area contributed by atoms with Gasteiger partial charge in [-0.25, -0.2) is 0 Å². The van der Waals surface area contributed by atoms with E-state index in [-0.39, 0.29) is 17.5 Å². The van der Waals surface area contributed by atoms with Gasteiger partial charge < -0.3 is 5.11 Å². The van der Waals surface area contributed by atoms with Crippen molar-refractivity contribution in [3.05, 3.63) is 29.8 Å². The van der Waals surface area contributed by atoms with Crippen LogP contribution in [0.4, 0.5) is 0 Å². The number of aliphatic carboxylic acids is 1. The number of carboxylic acids is 1. The second-order valence-electron chi connectivity index (χ2n) is 3.83. The molecule has 1 aromatic rings. The topological polar surface area (TPSA) is 54.4 Å². The minimum Gasteiger partial charge on any atom is -0.481 e. The Labute approximate surface area is 105 Å². The average Bonchev–Trinajstić information content (AvgIpc) is 2.28. The lowest BCUT2D eigenvalue weighted by Crippen LogP contribution is -2.05. The Morgan fingerprint density at radius 1 is 1.29 bits per heavy atom. The fourth-order valence-corrected chi connectivity index (χ4v) is 2.43. The number of carbonyl (C=O) groups is 2. The van der Waals surface area contributed by atoms with Crippen molar-refractivity contribution in [1.82, 2.24) is 0 Å². The third-order valence-electron chi connectivity index (χ3n) is 2.30.